The molecule has 4 rings (SSSR count). The van der Waals surface area contributed by atoms with E-state index in [0.29, 0.717) is 18.7 Å². The smallest absolute Gasteiger partial charge is 0.255 e. The standard InChI is InChI=1S/C21H20N2O2/c24-20(16-6-2-1-3-7-16)17-9-12-22(13-10-17)21(25)18-14-19-8-4-5-11-23(19)15-18/h1-8,11,14-15,17H,9-10,12-13H2. The number of aromatic nitrogens is 1. The summed E-state index contributed by atoms with van der Waals surface area (Å²) >= 11 is 0. The summed E-state index contributed by atoms with van der Waals surface area (Å²) in [6, 6.07) is 17.3. The van der Waals surface area contributed by atoms with Crippen LogP contribution in [0.1, 0.15) is 33.6 Å². The summed E-state index contributed by atoms with van der Waals surface area (Å²) < 4.78 is 1.96. The molecule has 1 fully saturated rings. The number of benzene rings is 1. The number of rotatable bonds is 3. The zero-order valence-electron chi connectivity index (χ0n) is 14.0. The molecule has 1 aromatic carbocycles. The average Bonchev–Trinajstić information content (AvgIpc) is 3.12. The van der Waals surface area contributed by atoms with Gasteiger partial charge in [0.15, 0.2) is 5.78 Å². The molecule has 0 radical (unpaired) electrons. The zero-order chi connectivity index (χ0) is 17.2. The molecule has 4 nitrogen and oxygen atoms in total. The number of fused-ring (bicyclic) bond motifs is 1. The predicted molar refractivity (Wildman–Crippen MR) is 96.8 cm³/mol. The monoisotopic (exact) mass is 332 g/mol. The molecule has 0 aliphatic carbocycles. The van der Waals surface area contributed by atoms with E-state index in [1.807, 2.05) is 76.3 Å². The van der Waals surface area contributed by atoms with E-state index in [1.165, 1.54) is 0 Å². The van der Waals surface area contributed by atoms with Crippen LogP contribution >= 0.6 is 0 Å². The number of hydrogen-bond donors (Lipinski definition) is 0. The van der Waals surface area contributed by atoms with Gasteiger partial charge in [0.05, 0.1) is 5.56 Å². The molecule has 3 heterocycles. The lowest BCUT2D eigenvalue weighted by Gasteiger charge is -2.31. The van der Waals surface area contributed by atoms with Gasteiger partial charge >= 0.3 is 0 Å². The molecule has 126 valence electrons. The summed E-state index contributed by atoms with van der Waals surface area (Å²) in [6.07, 6.45) is 5.27. The molecular formula is C21H20N2O2. The summed E-state index contributed by atoms with van der Waals surface area (Å²) in [7, 11) is 0. The van der Waals surface area contributed by atoms with E-state index < -0.39 is 0 Å². The molecule has 0 unspecified atom stereocenters. The minimum Gasteiger partial charge on any atom is -0.339 e. The Kier molecular flexibility index (Phi) is 4.10. The Bertz CT molecular complexity index is 873. The Labute approximate surface area is 146 Å². The van der Waals surface area contributed by atoms with Gasteiger partial charge in [-0.05, 0) is 31.0 Å². The van der Waals surface area contributed by atoms with Crippen molar-refractivity contribution >= 4 is 17.2 Å². The Morgan fingerprint density at radius 1 is 0.880 bits per heavy atom. The number of amides is 1. The number of Topliss-reactive ketones (excluding diaryl/α,β-unsaturated/α-hetero) is 1. The summed E-state index contributed by atoms with van der Waals surface area (Å²) in [6.45, 7) is 1.27. The van der Waals surface area contributed by atoms with Gasteiger partial charge in [0.1, 0.15) is 0 Å². The van der Waals surface area contributed by atoms with Crippen molar-refractivity contribution in [2.75, 3.05) is 13.1 Å². The predicted octanol–water partition coefficient (Wildman–Crippen LogP) is 3.67. The zero-order valence-corrected chi connectivity index (χ0v) is 14.0. The molecule has 1 aliphatic heterocycles. The molecule has 0 spiro atoms. The van der Waals surface area contributed by atoms with Crippen molar-refractivity contribution in [1.29, 1.82) is 0 Å². The Balaban J connectivity index is 1.43. The number of hydrogen-bond acceptors (Lipinski definition) is 2. The van der Waals surface area contributed by atoms with Gasteiger partial charge in [-0.25, -0.2) is 0 Å². The van der Waals surface area contributed by atoms with Crippen molar-refractivity contribution in [3.8, 4) is 0 Å². The second-order valence-corrected chi connectivity index (χ2v) is 6.56. The maximum Gasteiger partial charge on any atom is 0.255 e. The molecular weight excluding hydrogens is 312 g/mol. The number of pyridine rings is 1. The third kappa shape index (κ3) is 3.07. The average molecular weight is 332 g/mol. The van der Waals surface area contributed by atoms with Gasteiger partial charge in [-0.3, -0.25) is 9.59 Å². The fourth-order valence-corrected chi connectivity index (χ4v) is 3.54. The minimum atomic E-state index is 0.0135. The second kappa shape index (κ2) is 6.55. The van der Waals surface area contributed by atoms with Crippen molar-refractivity contribution < 1.29 is 9.59 Å². The van der Waals surface area contributed by atoms with Crippen molar-refractivity contribution in [3.63, 3.8) is 0 Å². The maximum absolute atomic E-state index is 12.7. The first-order valence-corrected chi connectivity index (χ1v) is 8.67. The molecule has 0 N–H and O–H groups in total. The molecule has 1 aliphatic rings. The maximum atomic E-state index is 12.7. The number of carbonyl (C=O) groups is 2. The highest BCUT2D eigenvalue weighted by molar-refractivity contribution is 5.98. The van der Waals surface area contributed by atoms with Crippen LogP contribution in [0.25, 0.3) is 5.52 Å². The summed E-state index contributed by atoms with van der Waals surface area (Å²) in [5.41, 5.74) is 2.49. The molecule has 0 bridgehead atoms. The molecule has 1 saturated heterocycles. The fraction of sp³-hybridized carbons (Fsp3) is 0.238. The van der Waals surface area contributed by atoms with Crippen LogP contribution in [-0.4, -0.2) is 34.1 Å². The Morgan fingerprint density at radius 3 is 2.32 bits per heavy atom. The third-order valence-corrected chi connectivity index (χ3v) is 4.96. The van der Waals surface area contributed by atoms with Gasteiger partial charge < -0.3 is 9.30 Å². The van der Waals surface area contributed by atoms with Crippen LogP contribution < -0.4 is 0 Å². The van der Waals surface area contributed by atoms with Gasteiger partial charge in [-0.1, -0.05) is 36.4 Å². The molecule has 3 aromatic rings. The van der Waals surface area contributed by atoms with Gasteiger partial charge in [-0.15, -0.1) is 0 Å². The first-order valence-electron chi connectivity index (χ1n) is 8.67. The van der Waals surface area contributed by atoms with Gasteiger partial charge in [0.2, 0.25) is 0 Å². The number of nitrogens with zero attached hydrogens (tertiary/aromatic N) is 2. The number of likely N-dealkylation sites (tertiary alicyclic amines) is 1. The van der Waals surface area contributed by atoms with E-state index in [-0.39, 0.29) is 17.6 Å². The topological polar surface area (TPSA) is 41.8 Å². The first kappa shape index (κ1) is 15.6. The van der Waals surface area contributed by atoms with E-state index in [2.05, 4.69) is 0 Å². The summed E-state index contributed by atoms with van der Waals surface area (Å²) in [5, 5.41) is 0. The van der Waals surface area contributed by atoms with Crippen LogP contribution in [0.2, 0.25) is 0 Å². The van der Waals surface area contributed by atoms with Crippen LogP contribution in [0.15, 0.2) is 67.0 Å². The van der Waals surface area contributed by atoms with Crippen LogP contribution in [0, 0.1) is 5.92 Å². The molecule has 1 amide bonds. The normalized spacial score (nSPS) is 15.4. The quantitative estimate of drug-likeness (QED) is 0.687. The lowest BCUT2D eigenvalue weighted by Crippen LogP contribution is -2.40. The Morgan fingerprint density at radius 2 is 1.60 bits per heavy atom. The van der Waals surface area contributed by atoms with Gasteiger partial charge in [0.25, 0.3) is 5.91 Å². The van der Waals surface area contributed by atoms with Crippen LogP contribution in [0.4, 0.5) is 0 Å². The van der Waals surface area contributed by atoms with E-state index in [0.717, 1.165) is 23.9 Å². The minimum absolute atomic E-state index is 0.0135. The van der Waals surface area contributed by atoms with E-state index in [4.69, 9.17) is 0 Å². The molecule has 0 atom stereocenters. The number of ketones is 1. The third-order valence-electron chi connectivity index (χ3n) is 4.96. The lowest BCUT2D eigenvalue weighted by molar-refractivity contribution is 0.0650. The highest BCUT2D eigenvalue weighted by atomic mass is 16.2. The van der Waals surface area contributed by atoms with E-state index in [9.17, 15) is 9.59 Å². The highest BCUT2D eigenvalue weighted by Gasteiger charge is 2.28. The molecule has 2 aromatic heterocycles. The van der Waals surface area contributed by atoms with E-state index in [1.54, 1.807) is 0 Å². The lowest BCUT2D eigenvalue weighted by atomic mass is 9.89. The van der Waals surface area contributed by atoms with Crippen LogP contribution in [-0.2, 0) is 0 Å². The van der Waals surface area contributed by atoms with Crippen LogP contribution in [0.5, 0.6) is 0 Å². The van der Waals surface area contributed by atoms with Gasteiger partial charge in [-0.2, -0.15) is 0 Å². The Hall–Kier alpha value is -2.88. The SMILES string of the molecule is O=C(c1ccccc1)C1CCN(C(=O)c2cc3ccccn3c2)CC1. The molecule has 0 saturated carbocycles. The van der Waals surface area contributed by atoms with Crippen molar-refractivity contribution in [2.24, 2.45) is 5.92 Å². The highest BCUT2D eigenvalue weighted by Crippen LogP contribution is 2.23. The first-order chi connectivity index (χ1) is 12.2. The molecule has 4 heteroatoms. The molecule has 25 heavy (non-hydrogen) atoms. The van der Waals surface area contributed by atoms with Crippen molar-refractivity contribution in [1.82, 2.24) is 9.30 Å². The number of piperidine rings is 1. The van der Waals surface area contributed by atoms with Crippen LogP contribution in [0.3, 0.4) is 0 Å². The largest absolute Gasteiger partial charge is 0.339 e. The summed E-state index contributed by atoms with van der Waals surface area (Å²) in [4.78, 5) is 27.2. The van der Waals surface area contributed by atoms with Crippen molar-refractivity contribution in [2.45, 2.75) is 12.8 Å². The summed E-state index contributed by atoms with van der Waals surface area (Å²) in [5.74, 6) is 0.260. The number of carbonyl (C=O) groups excluding carboxylic acids is 2. The van der Waals surface area contributed by atoms with Crippen molar-refractivity contribution in [3.05, 3.63) is 78.1 Å². The van der Waals surface area contributed by atoms with Gasteiger partial charge in [0, 0.05) is 42.5 Å². The fourth-order valence-electron chi connectivity index (χ4n) is 3.54. The van der Waals surface area contributed by atoms with E-state index >= 15 is 0 Å². The second-order valence-electron chi connectivity index (χ2n) is 6.56.